The Kier molecular flexibility index (Phi) is 6.53. The Labute approximate surface area is 151 Å². The number of benzene rings is 1. The van der Waals surface area contributed by atoms with Crippen LogP contribution in [0.25, 0.3) is 0 Å². The zero-order chi connectivity index (χ0) is 19.2. The van der Waals surface area contributed by atoms with Crippen LogP contribution in [0, 0.1) is 0 Å². The SMILES string of the molecule is CCNS(=O)(=O)c1ccc(C(=O)OCC(=O)N[C@@H](C)c2ccco2)cc1. The Balaban J connectivity index is 1.88. The first kappa shape index (κ1) is 19.7. The number of furan rings is 1. The number of amides is 1. The molecular formula is C17H20N2O6S. The fourth-order valence-corrected chi connectivity index (χ4v) is 3.19. The van der Waals surface area contributed by atoms with Crippen molar-refractivity contribution in [2.24, 2.45) is 0 Å². The van der Waals surface area contributed by atoms with Gasteiger partial charge in [0.15, 0.2) is 6.61 Å². The number of hydrogen-bond donors (Lipinski definition) is 2. The first-order valence-electron chi connectivity index (χ1n) is 7.93. The topological polar surface area (TPSA) is 115 Å². The second kappa shape index (κ2) is 8.63. The largest absolute Gasteiger partial charge is 0.467 e. The first-order valence-corrected chi connectivity index (χ1v) is 9.41. The van der Waals surface area contributed by atoms with E-state index in [0.29, 0.717) is 5.76 Å². The van der Waals surface area contributed by atoms with E-state index in [1.807, 2.05) is 0 Å². The molecule has 2 rings (SSSR count). The Hall–Kier alpha value is -2.65. The van der Waals surface area contributed by atoms with Gasteiger partial charge in [0.1, 0.15) is 5.76 Å². The molecule has 2 N–H and O–H groups in total. The molecule has 0 aliphatic rings. The van der Waals surface area contributed by atoms with Crippen molar-refractivity contribution in [2.75, 3.05) is 13.2 Å². The highest BCUT2D eigenvalue weighted by Crippen LogP contribution is 2.13. The van der Waals surface area contributed by atoms with Crippen LogP contribution >= 0.6 is 0 Å². The van der Waals surface area contributed by atoms with E-state index in [2.05, 4.69) is 10.0 Å². The van der Waals surface area contributed by atoms with Crippen LogP contribution in [0.1, 0.15) is 36.0 Å². The monoisotopic (exact) mass is 380 g/mol. The summed E-state index contributed by atoms with van der Waals surface area (Å²) in [6.45, 7) is 3.21. The Morgan fingerprint density at radius 1 is 1.19 bits per heavy atom. The van der Waals surface area contributed by atoms with Crippen LogP contribution in [-0.2, 0) is 19.6 Å². The molecule has 1 aromatic carbocycles. The molecule has 140 valence electrons. The molecule has 0 fully saturated rings. The van der Waals surface area contributed by atoms with Gasteiger partial charge in [0, 0.05) is 6.54 Å². The number of sulfonamides is 1. The smallest absolute Gasteiger partial charge is 0.338 e. The van der Waals surface area contributed by atoms with Crippen molar-refractivity contribution in [1.82, 2.24) is 10.0 Å². The molecule has 0 radical (unpaired) electrons. The fourth-order valence-electron chi connectivity index (χ4n) is 2.15. The van der Waals surface area contributed by atoms with Gasteiger partial charge in [-0.15, -0.1) is 0 Å². The third kappa shape index (κ3) is 5.17. The molecule has 0 saturated carbocycles. The van der Waals surface area contributed by atoms with Crippen LogP contribution in [-0.4, -0.2) is 33.4 Å². The summed E-state index contributed by atoms with van der Waals surface area (Å²) in [7, 11) is -3.59. The maximum absolute atomic E-state index is 12.0. The summed E-state index contributed by atoms with van der Waals surface area (Å²) in [5.74, 6) is -0.617. The molecule has 0 spiro atoms. The summed E-state index contributed by atoms with van der Waals surface area (Å²) in [5.41, 5.74) is 0.146. The predicted molar refractivity (Wildman–Crippen MR) is 92.9 cm³/mol. The maximum Gasteiger partial charge on any atom is 0.338 e. The summed E-state index contributed by atoms with van der Waals surface area (Å²) >= 11 is 0. The fraction of sp³-hybridized carbons (Fsp3) is 0.294. The summed E-state index contributed by atoms with van der Waals surface area (Å²) in [6, 6.07) is 8.33. The van der Waals surface area contributed by atoms with Crippen LogP contribution in [0.15, 0.2) is 52.0 Å². The van der Waals surface area contributed by atoms with E-state index in [1.54, 1.807) is 26.0 Å². The van der Waals surface area contributed by atoms with E-state index in [-0.39, 0.29) is 23.0 Å². The van der Waals surface area contributed by atoms with Crippen molar-refractivity contribution < 1.29 is 27.2 Å². The van der Waals surface area contributed by atoms with Crippen molar-refractivity contribution in [3.8, 4) is 0 Å². The maximum atomic E-state index is 12.0. The minimum atomic E-state index is -3.59. The number of carbonyl (C=O) groups is 2. The van der Waals surface area contributed by atoms with E-state index >= 15 is 0 Å². The van der Waals surface area contributed by atoms with E-state index < -0.39 is 28.5 Å². The van der Waals surface area contributed by atoms with Gasteiger partial charge in [0.25, 0.3) is 5.91 Å². The van der Waals surface area contributed by atoms with Gasteiger partial charge in [-0.05, 0) is 43.3 Å². The van der Waals surface area contributed by atoms with Gasteiger partial charge in [-0.2, -0.15) is 0 Å². The molecule has 26 heavy (non-hydrogen) atoms. The number of ether oxygens (including phenoxy) is 1. The van der Waals surface area contributed by atoms with Crippen molar-refractivity contribution in [3.05, 3.63) is 54.0 Å². The van der Waals surface area contributed by atoms with Gasteiger partial charge in [0.2, 0.25) is 10.0 Å². The highest BCUT2D eigenvalue weighted by atomic mass is 32.2. The van der Waals surface area contributed by atoms with E-state index in [4.69, 9.17) is 9.15 Å². The third-order valence-corrected chi connectivity index (χ3v) is 4.98. The molecule has 8 nitrogen and oxygen atoms in total. The van der Waals surface area contributed by atoms with Crippen LogP contribution in [0.3, 0.4) is 0 Å². The minimum absolute atomic E-state index is 0.0425. The van der Waals surface area contributed by atoms with Gasteiger partial charge >= 0.3 is 5.97 Å². The lowest BCUT2D eigenvalue weighted by atomic mass is 10.2. The molecule has 1 amide bonds. The molecule has 1 aromatic heterocycles. The molecule has 1 heterocycles. The molecule has 2 aromatic rings. The molecule has 1 atom stereocenters. The van der Waals surface area contributed by atoms with Gasteiger partial charge < -0.3 is 14.5 Å². The minimum Gasteiger partial charge on any atom is -0.467 e. The predicted octanol–water partition coefficient (Wildman–Crippen LogP) is 1.61. The molecule has 9 heteroatoms. The molecule has 0 bridgehead atoms. The number of nitrogens with one attached hydrogen (secondary N) is 2. The number of hydrogen-bond acceptors (Lipinski definition) is 6. The zero-order valence-electron chi connectivity index (χ0n) is 14.4. The van der Waals surface area contributed by atoms with Crippen molar-refractivity contribution in [3.63, 3.8) is 0 Å². The van der Waals surface area contributed by atoms with Crippen LogP contribution in [0.2, 0.25) is 0 Å². The molecule has 0 aliphatic heterocycles. The van der Waals surface area contributed by atoms with Crippen LogP contribution < -0.4 is 10.0 Å². The summed E-state index contributed by atoms with van der Waals surface area (Å²) in [4.78, 5) is 23.8. The Bertz CT molecular complexity index is 844. The van der Waals surface area contributed by atoms with Gasteiger partial charge in [-0.1, -0.05) is 6.92 Å². The van der Waals surface area contributed by atoms with Crippen LogP contribution in [0.4, 0.5) is 0 Å². The van der Waals surface area contributed by atoms with E-state index in [1.165, 1.54) is 30.5 Å². The highest BCUT2D eigenvalue weighted by molar-refractivity contribution is 7.89. The van der Waals surface area contributed by atoms with E-state index in [9.17, 15) is 18.0 Å². The number of rotatable bonds is 8. The lowest BCUT2D eigenvalue weighted by molar-refractivity contribution is -0.125. The summed E-state index contributed by atoms with van der Waals surface area (Å²) < 4.78 is 36.1. The van der Waals surface area contributed by atoms with Crippen LogP contribution in [0.5, 0.6) is 0 Å². The number of esters is 1. The second-order valence-corrected chi connectivity index (χ2v) is 7.17. The van der Waals surface area contributed by atoms with Crippen molar-refractivity contribution in [2.45, 2.75) is 24.8 Å². The lowest BCUT2D eigenvalue weighted by Crippen LogP contribution is -2.31. The Morgan fingerprint density at radius 2 is 1.88 bits per heavy atom. The quantitative estimate of drug-likeness (QED) is 0.673. The zero-order valence-corrected chi connectivity index (χ0v) is 15.2. The summed E-state index contributed by atoms with van der Waals surface area (Å²) in [6.07, 6.45) is 1.50. The number of carbonyl (C=O) groups excluding carboxylic acids is 2. The summed E-state index contributed by atoms with van der Waals surface area (Å²) in [5, 5.41) is 2.63. The van der Waals surface area contributed by atoms with Gasteiger partial charge in [-0.3, -0.25) is 4.79 Å². The molecule has 0 saturated heterocycles. The average Bonchev–Trinajstić information content (AvgIpc) is 3.14. The molecule has 0 aliphatic carbocycles. The third-order valence-electron chi connectivity index (χ3n) is 3.42. The molecular weight excluding hydrogens is 360 g/mol. The van der Waals surface area contributed by atoms with Crippen molar-refractivity contribution in [1.29, 1.82) is 0 Å². The normalized spacial score (nSPS) is 12.4. The standard InChI is InChI=1S/C17H20N2O6S/c1-3-18-26(22,23)14-8-6-13(7-9-14)17(21)25-11-16(20)19-12(2)15-5-4-10-24-15/h4-10,12,18H,3,11H2,1-2H3,(H,19,20)/t12-/m0/s1. The van der Waals surface area contributed by atoms with Crippen molar-refractivity contribution >= 4 is 21.9 Å². The Morgan fingerprint density at radius 3 is 2.46 bits per heavy atom. The first-order chi connectivity index (χ1) is 12.3. The average molecular weight is 380 g/mol. The second-order valence-electron chi connectivity index (χ2n) is 5.41. The van der Waals surface area contributed by atoms with E-state index in [0.717, 1.165) is 0 Å². The molecule has 0 unspecified atom stereocenters. The van der Waals surface area contributed by atoms with Gasteiger partial charge in [-0.25, -0.2) is 17.9 Å². The lowest BCUT2D eigenvalue weighted by Gasteiger charge is -2.11. The highest BCUT2D eigenvalue weighted by Gasteiger charge is 2.16. The van der Waals surface area contributed by atoms with Gasteiger partial charge in [0.05, 0.1) is 22.8 Å².